The van der Waals surface area contributed by atoms with E-state index in [9.17, 15) is 14.0 Å². The van der Waals surface area contributed by atoms with Gasteiger partial charge < -0.3 is 14.5 Å². The first-order valence-corrected chi connectivity index (χ1v) is 9.97. The van der Waals surface area contributed by atoms with E-state index in [1.165, 1.54) is 12.1 Å². The van der Waals surface area contributed by atoms with Crippen LogP contribution in [0, 0.1) is 5.82 Å². The Morgan fingerprint density at radius 2 is 1.86 bits per heavy atom. The molecule has 0 N–H and O–H groups in total. The van der Waals surface area contributed by atoms with Crippen molar-refractivity contribution in [2.45, 2.75) is 37.8 Å². The quantitative estimate of drug-likeness (QED) is 0.799. The predicted octanol–water partition coefficient (Wildman–Crippen LogP) is 3.45. The number of methoxy groups -OCH3 is 1. The fourth-order valence-corrected chi connectivity index (χ4v) is 4.81. The first-order chi connectivity index (χ1) is 14.0. The van der Waals surface area contributed by atoms with E-state index in [0.717, 1.165) is 18.4 Å². The number of nitrogens with zero attached hydrogens (tertiary/aromatic N) is 2. The molecule has 2 heterocycles. The zero-order valence-corrected chi connectivity index (χ0v) is 16.7. The van der Waals surface area contributed by atoms with Crippen molar-refractivity contribution in [1.82, 2.24) is 9.80 Å². The van der Waals surface area contributed by atoms with Crippen LogP contribution in [-0.4, -0.2) is 53.9 Å². The SMILES string of the molecule is COc1cccc(C(=O)N2C[C@H](c3ccc(F)cc3)[C@@H]3[C@H]2CCCN3C(C)=O)c1. The van der Waals surface area contributed by atoms with E-state index in [0.29, 0.717) is 24.4 Å². The van der Waals surface area contributed by atoms with Crippen LogP contribution in [0.4, 0.5) is 4.39 Å². The Morgan fingerprint density at radius 1 is 1.10 bits per heavy atom. The molecule has 2 aromatic carbocycles. The number of ether oxygens (including phenoxy) is 1. The molecule has 0 spiro atoms. The van der Waals surface area contributed by atoms with E-state index < -0.39 is 0 Å². The van der Waals surface area contributed by atoms with Crippen LogP contribution in [0.1, 0.15) is 41.6 Å². The number of carbonyl (C=O) groups excluding carboxylic acids is 2. The average molecular weight is 396 g/mol. The number of fused-ring (bicyclic) bond motifs is 1. The Kier molecular flexibility index (Phi) is 5.26. The monoisotopic (exact) mass is 396 g/mol. The molecule has 0 saturated carbocycles. The van der Waals surface area contributed by atoms with Crippen molar-refractivity contribution in [3.63, 3.8) is 0 Å². The fourth-order valence-electron chi connectivity index (χ4n) is 4.81. The molecule has 2 aliphatic rings. The van der Waals surface area contributed by atoms with Crippen molar-refractivity contribution >= 4 is 11.8 Å². The number of likely N-dealkylation sites (tertiary alicyclic amines) is 2. The number of piperidine rings is 1. The maximum Gasteiger partial charge on any atom is 0.254 e. The second-order valence-corrected chi connectivity index (χ2v) is 7.76. The predicted molar refractivity (Wildman–Crippen MR) is 107 cm³/mol. The molecule has 29 heavy (non-hydrogen) atoms. The lowest BCUT2D eigenvalue weighted by Crippen LogP contribution is -2.53. The second kappa shape index (κ2) is 7.85. The maximum atomic E-state index is 13.5. The van der Waals surface area contributed by atoms with Gasteiger partial charge in [0, 0.05) is 31.5 Å². The zero-order valence-electron chi connectivity index (χ0n) is 16.7. The number of hydrogen-bond acceptors (Lipinski definition) is 3. The van der Waals surface area contributed by atoms with Gasteiger partial charge in [-0.25, -0.2) is 4.39 Å². The standard InChI is InChI=1S/C23H25FN2O3/c1-15(27)25-12-4-7-21-22(25)20(16-8-10-18(24)11-9-16)14-26(21)23(28)17-5-3-6-19(13-17)29-2/h3,5-6,8-11,13,20-22H,4,7,12,14H2,1-2H3/t20-,21-,22-/m1/s1. The summed E-state index contributed by atoms with van der Waals surface area (Å²) in [7, 11) is 1.58. The maximum absolute atomic E-state index is 13.5. The van der Waals surface area contributed by atoms with Crippen LogP contribution in [0.15, 0.2) is 48.5 Å². The topological polar surface area (TPSA) is 49.9 Å². The zero-order chi connectivity index (χ0) is 20.5. The smallest absolute Gasteiger partial charge is 0.254 e. The Balaban J connectivity index is 1.70. The fraction of sp³-hybridized carbons (Fsp3) is 0.391. The average Bonchev–Trinajstić information content (AvgIpc) is 3.13. The molecule has 6 heteroatoms. The molecule has 0 aromatic heterocycles. The minimum absolute atomic E-state index is 0.0162. The van der Waals surface area contributed by atoms with Gasteiger partial charge in [-0.15, -0.1) is 0 Å². The number of hydrogen-bond donors (Lipinski definition) is 0. The highest BCUT2D eigenvalue weighted by molar-refractivity contribution is 5.95. The lowest BCUT2D eigenvalue weighted by atomic mass is 9.86. The number of halogens is 1. The van der Waals surface area contributed by atoms with Crippen molar-refractivity contribution in [3.8, 4) is 5.75 Å². The minimum Gasteiger partial charge on any atom is -0.497 e. The molecular formula is C23H25FN2O3. The molecule has 0 radical (unpaired) electrons. The lowest BCUT2D eigenvalue weighted by molar-refractivity contribution is -0.133. The Hall–Kier alpha value is -2.89. The number of amides is 2. The van der Waals surface area contributed by atoms with E-state index in [4.69, 9.17) is 4.74 Å². The Bertz CT molecular complexity index is 915. The number of carbonyl (C=O) groups is 2. The molecule has 2 saturated heterocycles. The van der Waals surface area contributed by atoms with E-state index in [2.05, 4.69) is 0 Å². The van der Waals surface area contributed by atoms with Gasteiger partial charge in [0.1, 0.15) is 11.6 Å². The largest absolute Gasteiger partial charge is 0.497 e. The Morgan fingerprint density at radius 3 is 2.55 bits per heavy atom. The summed E-state index contributed by atoms with van der Waals surface area (Å²) >= 11 is 0. The van der Waals surface area contributed by atoms with Crippen LogP contribution >= 0.6 is 0 Å². The Labute approximate surface area is 170 Å². The van der Waals surface area contributed by atoms with Crippen LogP contribution in [0.25, 0.3) is 0 Å². The van der Waals surface area contributed by atoms with Crippen LogP contribution in [0.5, 0.6) is 5.75 Å². The third-order valence-electron chi connectivity index (χ3n) is 6.14. The minimum atomic E-state index is -0.292. The molecule has 4 rings (SSSR count). The van der Waals surface area contributed by atoms with Crippen LogP contribution < -0.4 is 4.74 Å². The first-order valence-electron chi connectivity index (χ1n) is 9.97. The normalized spacial score (nSPS) is 23.6. The molecule has 2 aliphatic heterocycles. The third kappa shape index (κ3) is 3.59. The van der Waals surface area contributed by atoms with Gasteiger partial charge in [-0.05, 0) is 48.7 Å². The van der Waals surface area contributed by atoms with Crippen LogP contribution in [0.2, 0.25) is 0 Å². The van der Waals surface area contributed by atoms with E-state index in [1.54, 1.807) is 44.4 Å². The molecule has 5 nitrogen and oxygen atoms in total. The van der Waals surface area contributed by atoms with Gasteiger partial charge in [0.15, 0.2) is 0 Å². The summed E-state index contributed by atoms with van der Waals surface area (Å²) in [6, 6.07) is 13.4. The summed E-state index contributed by atoms with van der Waals surface area (Å²) in [5.41, 5.74) is 1.53. The van der Waals surface area contributed by atoms with Gasteiger partial charge in [0.2, 0.25) is 5.91 Å². The van der Waals surface area contributed by atoms with Crippen molar-refractivity contribution in [2.24, 2.45) is 0 Å². The summed E-state index contributed by atoms with van der Waals surface area (Å²) < 4.78 is 18.7. The first kappa shape index (κ1) is 19.4. The summed E-state index contributed by atoms with van der Waals surface area (Å²) in [5, 5.41) is 0. The molecular weight excluding hydrogens is 371 g/mol. The van der Waals surface area contributed by atoms with Gasteiger partial charge >= 0.3 is 0 Å². The van der Waals surface area contributed by atoms with Crippen LogP contribution in [0.3, 0.4) is 0 Å². The van der Waals surface area contributed by atoms with Crippen molar-refractivity contribution in [1.29, 1.82) is 0 Å². The summed E-state index contributed by atoms with van der Waals surface area (Å²) in [6.45, 7) is 2.77. The van der Waals surface area contributed by atoms with Gasteiger partial charge in [-0.1, -0.05) is 18.2 Å². The number of benzene rings is 2. The van der Waals surface area contributed by atoms with E-state index >= 15 is 0 Å². The molecule has 3 atom stereocenters. The summed E-state index contributed by atoms with van der Waals surface area (Å²) in [6.07, 6.45) is 1.71. The highest BCUT2D eigenvalue weighted by Crippen LogP contribution is 2.41. The molecule has 2 fully saturated rings. The highest BCUT2D eigenvalue weighted by Gasteiger charge is 2.49. The summed E-state index contributed by atoms with van der Waals surface area (Å²) in [5.74, 6) is 0.256. The molecule has 152 valence electrons. The van der Waals surface area contributed by atoms with Gasteiger partial charge in [-0.3, -0.25) is 9.59 Å². The van der Waals surface area contributed by atoms with E-state index in [1.807, 2.05) is 15.9 Å². The van der Waals surface area contributed by atoms with Crippen LogP contribution in [-0.2, 0) is 4.79 Å². The molecule has 2 aromatic rings. The third-order valence-corrected chi connectivity index (χ3v) is 6.14. The lowest BCUT2D eigenvalue weighted by Gasteiger charge is -2.41. The molecule has 2 amide bonds. The molecule has 0 unspecified atom stereocenters. The van der Waals surface area contributed by atoms with Crippen molar-refractivity contribution in [3.05, 3.63) is 65.5 Å². The molecule has 0 aliphatic carbocycles. The highest BCUT2D eigenvalue weighted by atomic mass is 19.1. The molecule has 0 bridgehead atoms. The number of rotatable bonds is 3. The van der Waals surface area contributed by atoms with Gasteiger partial charge in [-0.2, -0.15) is 0 Å². The van der Waals surface area contributed by atoms with Crippen molar-refractivity contribution in [2.75, 3.05) is 20.2 Å². The summed E-state index contributed by atoms with van der Waals surface area (Å²) in [4.78, 5) is 29.5. The van der Waals surface area contributed by atoms with Crippen molar-refractivity contribution < 1.29 is 18.7 Å². The van der Waals surface area contributed by atoms with E-state index in [-0.39, 0.29) is 35.6 Å². The second-order valence-electron chi connectivity index (χ2n) is 7.76. The van der Waals surface area contributed by atoms with Gasteiger partial charge in [0.25, 0.3) is 5.91 Å². The van der Waals surface area contributed by atoms with Gasteiger partial charge in [0.05, 0.1) is 19.2 Å².